The topological polar surface area (TPSA) is 120 Å². The van der Waals surface area contributed by atoms with Gasteiger partial charge in [0.05, 0.1) is 0 Å². The summed E-state index contributed by atoms with van der Waals surface area (Å²) in [5.41, 5.74) is -1.16. The molecule has 0 atom stereocenters. The zero-order chi connectivity index (χ0) is 10.7. The van der Waals surface area contributed by atoms with Crippen LogP contribution in [0.15, 0.2) is 16.8 Å². The lowest BCUT2D eigenvalue weighted by molar-refractivity contribution is -0.322. The molecule has 0 aromatic heterocycles. The van der Waals surface area contributed by atoms with Crippen LogP contribution in [0.4, 0.5) is 0 Å². The van der Waals surface area contributed by atoms with Crippen molar-refractivity contribution >= 4 is 11.6 Å². The van der Waals surface area contributed by atoms with Gasteiger partial charge in [-0.15, -0.1) is 0 Å². The van der Waals surface area contributed by atoms with Crippen molar-refractivity contribution in [1.29, 1.82) is 15.8 Å². The Balaban J connectivity index is 3.22. The van der Waals surface area contributed by atoms with Crippen molar-refractivity contribution < 1.29 is 4.74 Å². The number of nitrogens with zero attached hydrogens (tertiary/aromatic N) is 5. The predicted octanol–water partition coefficient (Wildman–Crippen LogP) is -0.0584. The molecule has 1 rings (SSSR count). The van der Waals surface area contributed by atoms with E-state index in [1.807, 2.05) is 0 Å². The number of hydrogen-bond donors (Lipinski definition) is 0. The van der Waals surface area contributed by atoms with Crippen LogP contribution >= 0.6 is 0 Å². The summed E-state index contributed by atoms with van der Waals surface area (Å²) in [6, 6.07) is 4.50. The van der Waals surface area contributed by atoms with Crippen molar-refractivity contribution in [2.24, 2.45) is 0 Å². The third kappa shape index (κ3) is 1.13. The van der Waals surface area contributed by atoms with Crippen LogP contribution in [0, 0.1) is 39.2 Å². The molecule has 1 heterocycles. The van der Waals surface area contributed by atoms with Gasteiger partial charge >= 0.3 is 11.4 Å². The standard InChI is InChI=1S/C8N5O/c9-1-5(2-10)7-8(13(7)14)6(3-11)4-12/q-1. The molecule has 0 unspecified atom stereocenters. The van der Waals surface area contributed by atoms with E-state index in [0.717, 1.165) is 0 Å². The van der Waals surface area contributed by atoms with Crippen LogP contribution in [-0.2, 0) is 0 Å². The van der Waals surface area contributed by atoms with E-state index in [-0.39, 0.29) is 16.1 Å². The van der Waals surface area contributed by atoms with Crippen LogP contribution < -0.4 is 0 Å². The fourth-order valence-electron chi connectivity index (χ4n) is 0.852. The van der Waals surface area contributed by atoms with Gasteiger partial charge in [-0.1, -0.05) is 0 Å². The minimum atomic E-state index is -0.391. The molecule has 0 saturated carbocycles. The third-order valence-electron chi connectivity index (χ3n) is 1.50. The van der Waals surface area contributed by atoms with E-state index < -0.39 is 11.1 Å². The molecule has 0 radical (unpaired) electrons. The molecule has 1 aliphatic rings. The van der Waals surface area contributed by atoms with Gasteiger partial charge in [0, 0.05) is 0 Å². The highest BCUT2D eigenvalue weighted by atomic mass is 16.5. The van der Waals surface area contributed by atoms with Crippen LogP contribution in [0.1, 0.15) is 0 Å². The quantitative estimate of drug-likeness (QED) is 0.244. The highest BCUT2D eigenvalue weighted by Gasteiger charge is 2.45. The first-order valence-electron chi connectivity index (χ1n) is 3.27. The normalized spacial score (nSPS) is 11.9. The largest absolute Gasteiger partial charge is 0.762 e. The average Bonchev–Trinajstić information content (AvgIpc) is 2.83. The maximum Gasteiger partial charge on any atom is 0.321 e. The van der Waals surface area contributed by atoms with E-state index in [2.05, 4.69) is 0 Å². The minimum Gasteiger partial charge on any atom is -0.762 e. The predicted molar refractivity (Wildman–Crippen MR) is 44.4 cm³/mol. The maximum atomic E-state index is 10.9. The average molecular weight is 182 g/mol. The monoisotopic (exact) mass is 182 g/mol. The molecule has 0 fully saturated rings. The van der Waals surface area contributed by atoms with E-state index in [1.165, 1.54) is 24.1 Å². The smallest absolute Gasteiger partial charge is 0.321 e. The lowest BCUT2D eigenvalue weighted by Gasteiger charge is -1.75. The maximum absolute atomic E-state index is 10.9. The SMILES string of the molecule is N#CC(=C=[N-])C1=[N+]([O-])C1=C(C#N)C#N. The van der Waals surface area contributed by atoms with Gasteiger partial charge in [-0.05, 0) is 0 Å². The van der Waals surface area contributed by atoms with Gasteiger partial charge in [-0.3, -0.25) is 0 Å². The highest BCUT2D eigenvalue weighted by molar-refractivity contribution is 6.22. The zero-order valence-corrected chi connectivity index (χ0v) is 6.64. The number of hydroxylamine groups is 1. The van der Waals surface area contributed by atoms with Gasteiger partial charge in [0.1, 0.15) is 18.2 Å². The van der Waals surface area contributed by atoms with Crippen molar-refractivity contribution in [2.75, 3.05) is 0 Å². The first-order chi connectivity index (χ1) is 6.71. The molecule has 6 heteroatoms. The van der Waals surface area contributed by atoms with Gasteiger partial charge in [0.15, 0.2) is 5.57 Å². The van der Waals surface area contributed by atoms with Gasteiger partial charge in [-0.2, -0.15) is 20.5 Å². The summed E-state index contributed by atoms with van der Waals surface area (Å²) in [6.45, 7) is 0. The van der Waals surface area contributed by atoms with Gasteiger partial charge in [0.25, 0.3) is 0 Å². The molecular weight excluding hydrogens is 182 g/mol. The van der Waals surface area contributed by atoms with Crippen molar-refractivity contribution in [3.63, 3.8) is 0 Å². The van der Waals surface area contributed by atoms with Crippen LogP contribution in [0.25, 0.3) is 5.41 Å². The van der Waals surface area contributed by atoms with E-state index >= 15 is 0 Å². The Kier molecular flexibility index (Phi) is 2.14. The zero-order valence-electron chi connectivity index (χ0n) is 6.64. The van der Waals surface area contributed by atoms with Crippen molar-refractivity contribution in [2.45, 2.75) is 0 Å². The van der Waals surface area contributed by atoms with Crippen molar-refractivity contribution in [3.05, 3.63) is 27.5 Å². The summed E-state index contributed by atoms with van der Waals surface area (Å²) in [5, 5.41) is 44.6. The van der Waals surface area contributed by atoms with Crippen LogP contribution in [0.2, 0.25) is 0 Å². The highest BCUT2D eigenvalue weighted by Crippen LogP contribution is 2.24. The molecule has 0 aromatic carbocycles. The molecule has 64 valence electrons. The Morgan fingerprint density at radius 1 is 1.21 bits per heavy atom. The molecule has 0 bridgehead atoms. The molecule has 6 nitrogen and oxygen atoms in total. The first-order valence-corrected chi connectivity index (χ1v) is 3.27. The number of rotatable bonds is 1. The molecule has 0 N–H and O–H groups in total. The Hall–Kier alpha value is -2.87. The number of hydrogen-bond acceptors (Lipinski definition) is 4. The van der Waals surface area contributed by atoms with E-state index in [0.29, 0.717) is 0 Å². The summed E-state index contributed by atoms with van der Waals surface area (Å²) in [6.07, 6.45) is 0. The fraction of sp³-hybridized carbons (Fsp3) is 0. The first kappa shape index (κ1) is 9.22. The molecule has 0 aromatic rings. The van der Waals surface area contributed by atoms with Crippen molar-refractivity contribution in [3.8, 4) is 18.2 Å². The lowest BCUT2D eigenvalue weighted by atomic mass is 10.2. The molecule has 0 saturated heterocycles. The second-order valence-corrected chi connectivity index (χ2v) is 2.19. The van der Waals surface area contributed by atoms with Gasteiger partial charge in [-0.25, -0.2) is 5.87 Å². The molecule has 0 aliphatic carbocycles. The molecule has 1 aliphatic heterocycles. The second kappa shape index (κ2) is 3.25. The number of nitriles is 3. The summed E-state index contributed by atoms with van der Waals surface area (Å²) in [7, 11) is 0. The minimum absolute atomic E-state index is 0.187. The fourth-order valence-corrected chi connectivity index (χ4v) is 0.852. The van der Waals surface area contributed by atoms with Crippen LogP contribution in [0.3, 0.4) is 0 Å². The Bertz CT molecular complexity index is 524. The van der Waals surface area contributed by atoms with Crippen LogP contribution in [0.5, 0.6) is 0 Å². The Labute approximate surface area is 78.6 Å². The summed E-state index contributed by atoms with van der Waals surface area (Å²) >= 11 is 0. The molecule has 0 spiro atoms. The third-order valence-corrected chi connectivity index (χ3v) is 1.50. The summed E-state index contributed by atoms with van der Waals surface area (Å²) < 4.78 is 0.226. The Morgan fingerprint density at radius 3 is 2.14 bits per heavy atom. The van der Waals surface area contributed by atoms with Gasteiger partial charge in [0.2, 0.25) is 5.57 Å². The van der Waals surface area contributed by atoms with E-state index in [9.17, 15) is 5.21 Å². The molecular formula is C8N5O-. The van der Waals surface area contributed by atoms with Gasteiger partial charge < -0.3 is 10.6 Å². The summed E-state index contributed by atoms with van der Waals surface area (Å²) in [5.74, 6) is 1.50. The van der Waals surface area contributed by atoms with Crippen LogP contribution in [-0.4, -0.2) is 16.3 Å². The second-order valence-electron chi connectivity index (χ2n) is 2.19. The van der Waals surface area contributed by atoms with E-state index in [1.54, 1.807) is 0 Å². The summed E-state index contributed by atoms with van der Waals surface area (Å²) in [4.78, 5) is 0. The number of allylic oxidation sites excluding steroid dienone is 2. The van der Waals surface area contributed by atoms with E-state index in [4.69, 9.17) is 21.2 Å². The van der Waals surface area contributed by atoms with Crippen molar-refractivity contribution in [1.82, 2.24) is 0 Å². The lowest BCUT2D eigenvalue weighted by Crippen LogP contribution is -1.88. The molecule has 0 amide bonds. The Morgan fingerprint density at radius 2 is 1.79 bits per heavy atom. The molecule has 14 heavy (non-hydrogen) atoms.